The van der Waals surface area contributed by atoms with E-state index in [2.05, 4.69) is 10.3 Å². The number of aliphatic hydroxyl groups is 1. The summed E-state index contributed by atoms with van der Waals surface area (Å²) in [5, 5.41) is 14.5. The molecule has 0 saturated carbocycles. The van der Waals surface area contributed by atoms with Crippen LogP contribution in [-0.4, -0.2) is 53.4 Å². The average Bonchev–Trinajstić information content (AvgIpc) is 2.72. The first-order chi connectivity index (χ1) is 10.2. The highest BCUT2D eigenvalue weighted by Crippen LogP contribution is 2.22. The van der Waals surface area contributed by atoms with E-state index in [0.29, 0.717) is 13.2 Å². The van der Waals surface area contributed by atoms with Crippen molar-refractivity contribution in [2.45, 2.75) is 6.10 Å². The summed E-state index contributed by atoms with van der Waals surface area (Å²) in [7, 11) is 0. The molecule has 0 bridgehead atoms. The van der Waals surface area contributed by atoms with Gasteiger partial charge in [-0.3, -0.25) is 4.98 Å². The molecule has 6 heteroatoms. The second kappa shape index (κ2) is 6.07. The van der Waals surface area contributed by atoms with Gasteiger partial charge in [-0.15, -0.1) is 0 Å². The van der Waals surface area contributed by atoms with Gasteiger partial charge >= 0.3 is 6.03 Å². The lowest BCUT2D eigenvalue weighted by Crippen LogP contribution is -2.40. The fraction of sp³-hybridized carbons (Fsp3) is 0.333. The Morgan fingerprint density at radius 1 is 1.43 bits per heavy atom. The second-order valence-electron chi connectivity index (χ2n) is 5.01. The predicted octanol–water partition coefficient (Wildman–Crippen LogP) is 1.46. The third-order valence-corrected chi connectivity index (χ3v) is 3.46. The maximum Gasteiger partial charge on any atom is 0.322 e. The normalized spacial score (nSPS) is 19.3. The van der Waals surface area contributed by atoms with Crippen LogP contribution in [0.4, 0.5) is 10.5 Å². The molecule has 1 aromatic heterocycles. The molecule has 2 aromatic rings. The molecule has 110 valence electrons. The first-order valence-electron chi connectivity index (χ1n) is 6.88. The standard InChI is InChI=1S/C15H17N3O3/c19-12-9-18(6-7-21-10-12)15(20)17-14-3-1-2-11-8-16-5-4-13(11)14/h1-5,8,12,19H,6-7,9-10H2,(H,17,20)/t12-/m1/s1. The van der Waals surface area contributed by atoms with Crippen molar-refractivity contribution in [1.29, 1.82) is 0 Å². The summed E-state index contributed by atoms with van der Waals surface area (Å²) in [6, 6.07) is 7.31. The largest absolute Gasteiger partial charge is 0.389 e. The Kier molecular flexibility index (Phi) is 3.98. The number of nitrogens with zero attached hydrogens (tertiary/aromatic N) is 2. The van der Waals surface area contributed by atoms with Gasteiger partial charge in [0.1, 0.15) is 0 Å². The molecule has 0 radical (unpaired) electrons. The van der Waals surface area contributed by atoms with Gasteiger partial charge in [0.05, 0.1) is 31.5 Å². The van der Waals surface area contributed by atoms with E-state index in [0.717, 1.165) is 16.5 Å². The number of fused-ring (bicyclic) bond motifs is 1. The van der Waals surface area contributed by atoms with Crippen LogP contribution in [0.2, 0.25) is 0 Å². The molecule has 2 heterocycles. The number of benzene rings is 1. The number of ether oxygens (including phenoxy) is 1. The van der Waals surface area contributed by atoms with Crippen LogP contribution in [0.1, 0.15) is 0 Å². The smallest absolute Gasteiger partial charge is 0.322 e. The molecule has 1 aliphatic heterocycles. The van der Waals surface area contributed by atoms with Gasteiger partial charge in [-0.05, 0) is 12.1 Å². The summed E-state index contributed by atoms with van der Waals surface area (Å²) >= 11 is 0. The number of amides is 2. The molecule has 0 unspecified atom stereocenters. The summed E-state index contributed by atoms with van der Waals surface area (Å²) in [5.74, 6) is 0. The van der Waals surface area contributed by atoms with E-state index >= 15 is 0 Å². The van der Waals surface area contributed by atoms with Gasteiger partial charge in [0.2, 0.25) is 0 Å². The molecule has 3 rings (SSSR count). The van der Waals surface area contributed by atoms with Crippen molar-refractivity contribution in [1.82, 2.24) is 9.88 Å². The van der Waals surface area contributed by atoms with Gasteiger partial charge in [0.15, 0.2) is 0 Å². The van der Waals surface area contributed by atoms with Crippen LogP contribution in [0, 0.1) is 0 Å². The first-order valence-corrected chi connectivity index (χ1v) is 6.88. The Morgan fingerprint density at radius 3 is 3.24 bits per heavy atom. The number of anilines is 1. The zero-order valence-electron chi connectivity index (χ0n) is 11.5. The van der Waals surface area contributed by atoms with Crippen LogP contribution < -0.4 is 5.32 Å². The van der Waals surface area contributed by atoms with Gasteiger partial charge in [-0.2, -0.15) is 0 Å². The van der Waals surface area contributed by atoms with Crippen LogP contribution in [-0.2, 0) is 4.74 Å². The lowest BCUT2D eigenvalue weighted by molar-refractivity contribution is 0.0575. The van der Waals surface area contributed by atoms with Gasteiger partial charge in [0.25, 0.3) is 0 Å². The maximum absolute atomic E-state index is 12.3. The monoisotopic (exact) mass is 287 g/mol. The lowest BCUT2D eigenvalue weighted by atomic mass is 10.1. The predicted molar refractivity (Wildman–Crippen MR) is 79.2 cm³/mol. The third-order valence-electron chi connectivity index (χ3n) is 3.46. The minimum absolute atomic E-state index is 0.233. The highest BCUT2D eigenvalue weighted by atomic mass is 16.5. The van der Waals surface area contributed by atoms with Crippen molar-refractivity contribution < 1.29 is 14.6 Å². The Balaban J connectivity index is 1.79. The Morgan fingerprint density at radius 2 is 2.33 bits per heavy atom. The van der Waals surface area contributed by atoms with Crippen LogP contribution in [0.15, 0.2) is 36.7 Å². The summed E-state index contributed by atoms with van der Waals surface area (Å²) in [6.45, 7) is 1.45. The molecule has 21 heavy (non-hydrogen) atoms. The average molecular weight is 287 g/mol. The van der Waals surface area contributed by atoms with E-state index in [1.165, 1.54) is 0 Å². The summed E-state index contributed by atoms with van der Waals surface area (Å²) in [4.78, 5) is 18.0. The van der Waals surface area contributed by atoms with Gasteiger partial charge in [-0.1, -0.05) is 12.1 Å². The number of aromatic nitrogens is 1. The van der Waals surface area contributed by atoms with E-state index in [4.69, 9.17) is 4.74 Å². The summed E-state index contributed by atoms with van der Waals surface area (Å²) < 4.78 is 5.23. The maximum atomic E-state index is 12.3. The van der Waals surface area contributed by atoms with E-state index in [1.807, 2.05) is 24.3 Å². The highest BCUT2D eigenvalue weighted by Gasteiger charge is 2.21. The van der Waals surface area contributed by atoms with Crippen LogP contribution in [0.25, 0.3) is 10.8 Å². The van der Waals surface area contributed by atoms with E-state index in [-0.39, 0.29) is 19.2 Å². The minimum Gasteiger partial charge on any atom is -0.389 e. The number of hydrogen-bond donors (Lipinski definition) is 2. The van der Waals surface area contributed by atoms with Gasteiger partial charge < -0.3 is 20.1 Å². The molecule has 2 amide bonds. The quantitative estimate of drug-likeness (QED) is 0.832. The number of hydrogen-bond acceptors (Lipinski definition) is 4. The number of urea groups is 1. The number of rotatable bonds is 1. The topological polar surface area (TPSA) is 74.7 Å². The highest BCUT2D eigenvalue weighted by molar-refractivity contribution is 6.01. The van der Waals surface area contributed by atoms with Crippen molar-refractivity contribution in [3.8, 4) is 0 Å². The molecular weight excluding hydrogens is 270 g/mol. The van der Waals surface area contributed by atoms with Gasteiger partial charge in [-0.25, -0.2) is 4.79 Å². The molecule has 0 spiro atoms. The molecule has 1 atom stereocenters. The van der Waals surface area contributed by atoms with Crippen molar-refractivity contribution in [2.75, 3.05) is 31.6 Å². The first kappa shape index (κ1) is 13.8. The van der Waals surface area contributed by atoms with Crippen molar-refractivity contribution in [2.24, 2.45) is 0 Å². The fourth-order valence-electron chi connectivity index (χ4n) is 2.40. The van der Waals surface area contributed by atoms with Crippen LogP contribution in [0.3, 0.4) is 0 Å². The Labute approximate surface area is 122 Å². The number of carbonyl (C=O) groups excluding carboxylic acids is 1. The molecule has 1 saturated heterocycles. The molecule has 2 N–H and O–H groups in total. The molecule has 6 nitrogen and oxygen atoms in total. The second-order valence-corrected chi connectivity index (χ2v) is 5.01. The fourth-order valence-corrected chi connectivity index (χ4v) is 2.40. The minimum atomic E-state index is -0.644. The molecule has 0 aliphatic carbocycles. The van der Waals surface area contributed by atoms with E-state index in [9.17, 15) is 9.90 Å². The Bertz CT molecular complexity index is 642. The van der Waals surface area contributed by atoms with Crippen molar-refractivity contribution in [3.05, 3.63) is 36.7 Å². The zero-order valence-corrected chi connectivity index (χ0v) is 11.5. The summed E-state index contributed by atoms with van der Waals surface area (Å²) in [5.41, 5.74) is 0.736. The zero-order chi connectivity index (χ0) is 14.7. The van der Waals surface area contributed by atoms with Crippen LogP contribution in [0.5, 0.6) is 0 Å². The number of β-amino-alcohol motifs (C(OH)–C–C–N with tert-alkyl or cyclic N) is 1. The van der Waals surface area contributed by atoms with Crippen molar-refractivity contribution >= 4 is 22.5 Å². The number of nitrogens with one attached hydrogen (secondary N) is 1. The molecule has 1 aliphatic rings. The van der Waals surface area contributed by atoms with Crippen molar-refractivity contribution in [3.63, 3.8) is 0 Å². The summed E-state index contributed by atoms with van der Waals surface area (Å²) in [6.07, 6.45) is 2.81. The van der Waals surface area contributed by atoms with Gasteiger partial charge in [0, 0.05) is 29.7 Å². The lowest BCUT2D eigenvalue weighted by Gasteiger charge is -2.22. The number of carbonyl (C=O) groups is 1. The molecule has 1 aromatic carbocycles. The molecule has 1 fully saturated rings. The SMILES string of the molecule is O=C(Nc1cccc2cnccc12)N1CCOC[C@H](O)C1. The van der Waals surface area contributed by atoms with E-state index in [1.54, 1.807) is 17.3 Å². The van der Waals surface area contributed by atoms with Crippen LogP contribution >= 0.6 is 0 Å². The number of aliphatic hydroxyl groups excluding tert-OH is 1. The van der Waals surface area contributed by atoms with E-state index < -0.39 is 6.10 Å². The molecular formula is C15H17N3O3. The Hall–Kier alpha value is -2.18. The third kappa shape index (κ3) is 3.12. The number of pyridine rings is 1.